The number of hydrogen-bond donors (Lipinski definition) is 0. The van der Waals surface area contributed by atoms with Crippen LogP contribution in [0.5, 0.6) is 5.75 Å². The zero-order chi connectivity index (χ0) is 16.2. The molecule has 2 heterocycles. The van der Waals surface area contributed by atoms with Crippen molar-refractivity contribution in [3.63, 3.8) is 0 Å². The van der Waals surface area contributed by atoms with Crippen LogP contribution in [0, 0.1) is 0 Å². The molecule has 0 fully saturated rings. The molecule has 2 aromatic rings. The molecule has 0 radical (unpaired) electrons. The largest absolute Gasteiger partial charge is 0.493 e. The first-order chi connectivity index (χ1) is 11.2. The second-order valence-corrected chi connectivity index (χ2v) is 7.64. The van der Waals surface area contributed by atoms with Crippen LogP contribution >= 0.6 is 23.1 Å². The zero-order valence-electron chi connectivity index (χ0n) is 13.2. The van der Waals surface area contributed by atoms with Gasteiger partial charge in [0.2, 0.25) is 0 Å². The molecule has 0 spiro atoms. The predicted molar refractivity (Wildman–Crippen MR) is 97.1 cm³/mol. The SMILES string of the molecule is CN(C)CCCOc1ccc2nc(C3=N[C@@H](C=O)CS3)sc2c1. The van der Waals surface area contributed by atoms with Crippen LogP contribution in [-0.4, -0.2) is 60.3 Å². The maximum Gasteiger partial charge on any atom is 0.149 e. The molecule has 0 N–H and O–H groups in total. The number of ether oxygens (including phenoxy) is 1. The molecule has 1 aromatic carbocycles. The average molecular weight is 349 g/mol. The van der Waals surface area contributed by atoms with Gasteiger partial charge in [0.05, 0.1) is 16.8 Å². The van der Waals surface area contributed by atoms with Gasteiger partial charge in [-0.25, -0.2) is 4.98 Å². The number of hydrogen-bond acceptors (Lipinski definition) is 7. The van der Waals surface area contributed by atoms with Crippen molar-refractivity contribution < 1.29 is 9.53 Å². The van der Waals surface area contributed by atoms with Crippen molar-refractivity contribution in [1.82, 2.24) is 9.88 Å². The van der Waals surface area contributed by atoms with E-state index in [1.165, 1.54) is 0 Å². The topological polar surface area (TPSA) is 54.8 Å². The molecule has 7 heteroatoms. The molecule has 122 valence electrons. The molecule has 3 rings (SSSR count). The Morgan fingerprint density at radius 3 is 3.04 bits per heavy atom. The molecule has 23 heavy (non-hydrogen) atoms. The van der Waals surface area contributed by atoms with Gasteiger partial charge >= 0.3 is 0 Å². The molecule has 0 saturated carbocycles. The van der Waals surface area contributed by atoms with Crippen LogP contribution in [0.3, 0.4) is 0 Å². The van der Waals surface area contributed by atoms with E-state index in [9.17, 15) is 4.79 Å². The quantitative estimate of drug-likeness (QED) is 0.568. The third kappa shape index (κ3) is 4.10. The fourth-order valence-electron chi connectivity index (χ4n) is 2.23. The Morgan fingerprint density at radius 1 is 1.43 bits per heavy atom. The van der Waals surface area contributed by atoms with Gasteiger partial charge in [-0.05, 0) is 38.7 Å². The number of fused-ring (bicyclic) bond motifs is 1. The second kappa shape index (κ2) is 7.42. The van der Waals surface area contributed by atoms with Gasteiger partial charge in [0.15, 0.2) is 0 Å². The Labute approximate surface area is 143 Å². The summed E-state index contributed by atoms with van der Waals surface area (Å²) in [5.41, 5.74) is 0.948. The highest BCUT2D eigenvalue weighted by molar-refractivity contribution is 8.15. The molecule has 0 amide bonds. The third-order valence-electron chi connectivity index (χ3n) is 3.39. The highest BCUT2D eigenvalue weighted by atomic mass is 32.2. The van der Waals surface area contributed by atoms with Crippen molar-refractivity contribution in [3.8, 4) is 5.75 Å². The minimum Gasteiger partial charge on any atom is -0.493 e. The summed E-state index contributed by atoms with van der Waals surface area (Å²) in [7, 11) is 4.12. The first-order valence-corrected chi connectivity index (χ1v) is 9.30. The first-order valence-electron chi connectivity index (χ1n) is 7.50. The minimum absolute atomic E-state index is 0.224. The lowest BCUT2D eigenvalue weighted by atomic mass is 10.3. The van der Waals surface area contributed by atoms with Crippen LogP contribution < -0.4 is 4.74 Å². The smallest absolute Gasteiger partial charge is 0.149 e. The molecule has 1 atom stereocenters. The van der Waals surface area contributed by atoms with Gasteiger partial charge in [-0.1, -0.05) is 0 Å². The summed E-state index contributed by atoms with van der Waals surface area (Å²) in [6, 6.07) is 5.74. The molecule has 0 bridgehead atoms. The minimum atomic E-state index is -0.224. The van der Waals surface area contributed by atoms with Gasteiger partial charge in [-0.3, -0.25) is 4.99 Å². The number of rotatable bonds is 7. The summed E-state index contributed by atoms with van der Waals surface area (Å²) in [6.07, 6.45) is 1.90. The van der Waals surface area contributed by atoms with E-state index < -0.39 is 0 Å². The molecule has 1 aliphatic heterocycles. The number of aromatic nitrogens is 1. The lowest BCUT2D eigenvalue weighted by Crippen LogP contribution is -2.15. The maximum absolute atomic E-state index is 10.8. The molecular formula is C16H19N3O2S2. The van der Waals surface area contributed by atoms with Gasteiger partial charge in [0.1, 0.15) is 28.1 Å². The van der Waals surface area contributed by atoms with Crippen molar-refractivity contribution in [3.05, 3.63) is 23.2 Å². The fourth-order valence-corrected chi connectivity index (χ4v) is 4.28. The Balaban J connectivity index is 1.70. The lowest BCUT2D eigenvalue weighted by Gasteiger charge is -2.10. The normalized spacial score (nSPS) is 17.7. The highest BCUT2D eigenvalue weighted by Gasteiger charge is 2.21. The van der Waals surface area contributed by atoms with E-state index in [1.54, 1.807) is 23.1 Å². The van der Waals surface area contributed by atoms with Gasteiger partial charge in [0.25, 0.3) is 0 Å². The molecule has 0 unspecified atom stereocenters. The number of nitrogens with zero attached hydrogens (tertiary/aromatic N) is 3. The summed E-state index contributed by atoms with van der Waals surface area (Å²) in [6.45, 7) is 1.72. The second-order valence-electron chi connectivity index (χ2n) is 5.60. The number of carbonyl (C=O) groups is 1. The molecular weight excluding hydrogens is 330 g/mol. The number of aldehydes is 1. The molecule has 1 aromatic heterocycles. The summed E-state index contributed by atoms with van der Waals surface area (Å²) in [5.74, 6) is 1.59. The van der Waals surface area contributed by atoms with Gasteiger partial charge in [-0.2, -0.15) is 0 Å². The molecule has 0 saturated heterocycles. The number of thioether (sulfide) groups is 1. The van der Waals surface area contributed by atoms with Gasteiger partial charge < -0.3 is 14.4 Å². The van der Waals surface area contributed by atoms with Crippen molar-refractivity contribution in [2.45, 2.75) is 12.5 Å². The van der Waals surface area contributed by atoms with E-state index in [1.807, 2.05) is 18.2 Å². The van der Waals surface area contributed by atoms with Crippen LogP contribution in [0.2, 0.25) is 0 Å². The molecule has 1 aliphatic rings. The number of carbonyl (C=O) groups excluding carboxylic acids is 1. The Kier molecular flexibility index (Phi) is 5.30. The van der Waals surface area contributed by atoms with Crippen molar-refractivity contribution >= 4 is 44.6 Å². The van der Waals surface area contributed by atoms with Crippen molar-refractivity contribution in [1.29, 1.82) is 0 Å². The summed E-state index contributed by atoms with van der Waals surface area (Å²) < 4.78 is 6.89. The van der Waals surface area contributed by atoms with Crippen molar-refractivity contribution in [2.75, 3.05) is 33.0 Å². The van der Waals surface area contributed by atoms with E-state index in [0.29, 0.717) is 6.61 Å². The van der Waals surface area contributed by atoms with E-state index in [2.05, 4.69) is 29.0 Å². The van der Waals surface area contributed by atoms with Crippen LogP contribution in [0.4, 0.5) is 0 Å². The summed E-state index contributed by atoms with van der Waals surface area (Å²) in [5, 5.41) is 1.76. The zero-order valence-corrected chi connectivity index (χ0v) is 14.8. The third-order valence-corrected chi connectivity index (χ3v) is 5.63. The Morgan fingerprint density at radius 2 is 2.30 bits per heavy atom. The standard InChI is InChI=1S/C16H19N3O2S2/c1-19(2)6-3-7-21-12-4-5-13-14(8-12)23-16(18-13)15-17-11(9-20)10-22-15/h4-5,8-9,11H,3,6-7,10H2,1-2H3/t11-/m0/s1. The fraction of sp³-hybridized carbons (Fsp3) is 0.438. The molecule has 0 aliphatic carbocycles. The predicted octanol–water partition coefficient (Wildman–Crippen LogP) is 2.69. The van der Waals surface area contributed by atoms with Crippen LogP contribution in [0.15, 0.2) is 23.2 Å². The van der Waals surface area contributed by atoms with Crippen LogP contribution in [-0.2, 0) is 4.79 Å². The number of aliphatic imine (C=N–C) groups is 1. The van der Waals surface area contributed by atoms with Gasteiger partial charge in [-0.15, -0.1) is 23.1 Å². The maximum atomic E-state index is 10.8. The van der Waals surface area contributed by atoms with Crippen molar-refractivity contribution in [2.24, 2.45) is 4.99 Å². The molecule has 5 nitrogen and oxygen atoms in total. The van der Waals surface area contributed by atoms with E-state index in [4.69, 9.17) is 4.74 Å². The number of benzene rings is 1. The van der Waals surface area contributed by atoms with Crippen LogP contribution in [0.1, 0.15) is 11.4 Å². The monoisotopic (exact) mass is 349 g/mol. The summed E-state index contributed by atoms with van der Waals surface area (Å²) >= 11 is 3.20. The van der Waals surface area contributed by atoms with Crippen LogP contribution in [0.25, 0.3) is 10.2 Å². The number of thiazole rings is 1. The van der Waals surface area contributed by atoms with E-state index >= 15 is 0 Å². The highest BCUT2D eigenvalue weighted by Crippen LogP contribution is 2.31. The summed E-state index contributed by atoms with van der Waals surface area (Å²) in [4.78, 5) is 22.0. The van der Waals surface area contributed by atoms with E-state index in [0.717, 1.165) is 51.0 Å². The first kappa shape index (κ1) is 16.4. The average Bonchev–Trinajstić information content (AvgIpc) is 3.16. The lowest BCUT2D eigenvalue weighted by molar-refractivity contribution is -0.108. The Bertz CT molecular complexity index is 727. The van der Waals surface area contributed by atoms with Gasteiger partial charge in [0, 0.05) is 12.3 Å². The Hall–Kier alpha value is -1.44. The van der Waals surface area contributed by atoms with E-state index in [-0.39, 0.29) is 6.04 Å².